The molecule has 2 fully saturated rings. The number of hydrogen-bond acceptors (Lipinski definition) is 3. The lowest BCUT2D eigenvalue weighted by atomic mass is 9.78. The molecule has 0 aromatic heterocycles. The Labute approximate surface area is 101 Å². The first kappa shape index (κ1) is 12.1. The van der Waals surface area contributed by atoms with Crippen LogP contribution in [0.15, 0.2) is 0 Å². The monoisotopic (exact) mass is 238 g/mol. The molecule has 1 aliphatic carbocycles. The number of hydrogen-bond donors (Lipinski definition) is 1. The minimum Gasteiger partial charge on any atom is -0.277 e. The van der Waals surface area contributed by atoms with Crippen molar-refractivity contribution in [3.05, 3.63) is 0 Å². The van der Waals surface area contributed by atoms with Crippen LogP contribution < -0.4 is 5.32 Å². The third kappa shape index (κ3) is 1.83. The van der Waals surface area contributed by atoms with E-state index < -0.39 is 17.4 Å². The number of barbiturate groups is 1. The van der Waals surface area contributed by atoms with E-state index in [1.54, 1.807) is 0 Å². The Kier molecular flexibility index (Phi) is 2.93. The molecule has 17 heavy (non-hydrogen) atoms. The number of carbonyl (C=O) groups excluding carboxylic acids is 3. The molecular weight excluding hydrogens is 220 g/mol. The van der Waals surface area contributed by atoms with Gasteiger partial charge in [-0.25, -0.2) is 4.79 Å². The third-order valence-corrected chi connectivity index (χ3v) is 3.90. The smallest absolute Gasteiger partial charge is 0.277 e. The zero-order valence-electron chi connectivity index (χ0n) is 10.3. The van der Waals surface area contributed by atoms with Gasteiger partial charge in [0.1, 0.15) is 5.41 Å². The van der Waals surface area contributed by atoms with Crippen LogP contribution in [0.1, 0.15) is 39.5 Å². The summed E-state index contributed by atoms with van der Waals surface area (Å²) < 4.78 is 0. The normalized spacial score (nSPS) is 23.9. The molecule has 1 N–H and O–H groups in total. The highest BCUT2D eigenvalue weighted by molar-refractivity contribution is 6.19. The van der Waals surface area contributed by atoms with Crippen LogP contribution in [-0.4, -0.2) is 29.3 Å². The molecule has 1 saturated carbocycles. The molecule has 0 bridgehead atoms. The Morgan fingerprint density at radius 3 is 2.29 bits per heavy atom. The van der Waals surface area contributed by atoms with E-state index in [-0.39, 0.29) is 5.91 Å². The maximum absolute atomic E-state index is 12.3. The topological polar surface area (TPSA) is 66.5 Å². The zero-order valence-corrected chi connectivity index (χ0v) is 10.3. The quantitative estimate of drug-likeness (QED) is 0.750. The zero-order chi connectivity index (χ0) is 12.6. The Balaban J connectivity index is 2.25. The van der Waals surface area contributed by atoms with Crippen LogP contribution in [0.4, 0.5) is 4.79 Å². The van der Waals surface area contributed by atoms with Gasteiger partial charge in [0, 0.05) is 6.54 Å². The number of imide groups is 2. The fourth-order valence-corrected chi connectivity index (χ4v) is 2.33. The first-order valence-corrected chi connectivity index (χ1v) is 6.22. The van der Waals surface area contributed by atoms with Crippen LogP contribution in [0.3, 0.4) is 0 Å². The van der Waals surface area contributed by atoms with Gasteiger partial charge in [-0.3, -0.25) is 19.8 Å². The van der Waals surface area contributed by atoms with Gasteiger partial charge in [-0.15, -0.1) is 0 Å². The number of rotatable bonds is 4. The Morgan fingerprint density at radius 2 is 1.82 bits per heavy atom. The molecule has 1 saturated heterocycles. The molecular formula is C12H18N2O3. The van der Waals surface area contributed by atoms with Crippen molar-refractivity contribution in [2.24, 2.45) is 11.3 Å². The van der Waals surface area contributed by atoms with Gasteiger partial charge in [0.05, 0.1) is 0 Å². The molecule has 0 unspecified atom stereocenters. The van der Waals surface area contributed by atoms with Crippen LogP contribution >= 0.6 is 0 Å². The molecule has 4 amide bonds. The summed E-state index contributed by atoms with van der Waals surface area (Å²) in [6, 6.07) is -0.551. The van der Waals surface area contributed by atoms with Crippen LogP contribution in [-0.2, 0) is 9.59 Å². The van der Waals surface area contributed by atoms with Crippen molar-refractivity contribution < 1.29 is 14.4 Å². The largest absolute Gasteiger partial charge is 0.330 e. The highest BCUT2D eigenvalue weighted by atomic mass is 16.2. The van der Waals surface area contributed by atoms with Crippen molar-refractivity contribution in [2.45, 2.75) is 39.5 Å². The number of carbonyl (C=O) groups is 3. The molecule has 5 heteroatoms. The van der Waals surface area contributed by atoms with Crippen molar-refractivity contribution in [1.82, 2.24) is 10.2 Å². The predicted molar refractivity (Wildman–Crippen MR) is 61.0 cm³/mol. The van der Waals surface area contributed by atoms with E-state index in [4.69, 9.17) is 0 Å². The summed E-state index contributed by atoms with van der Waals surface area (Å²) in [6.07, 6.45) is 3.00. The molecule has 0 aromatic carbocycles. The van der Waals surface area contributed by atoms with Crippen molar-refractivity contribution in [3.63, 3.8) is 0 Å². The van der Waals surface area contributed by atoms with E-state index in [0.717, 1.165) is 12.8 Å². The molecule has 0 spiro atoms. The summed E-state index contributed by atoms with van der Waals surface area (Å²) >= 11 is 0. The highest BCUT2D eigenvalue weighted by Crippen LogP contribution is 2.36. The van der Waals surface area contributed by atoms with E-state index in [9.17, 15) is 14.4 Å². The summed E-state index contributed by atoms with van der Waals surface area (Å²) in [5.41, 5.74) is -1.04. The summed E-state index contributed by atoms with van der Waals surface area (Å²) in [7, 11) is 0. The van der Waals surface area contributed by atoms with Gasteiger partial charge < -0.3 is 0 Å². The number of urea groups is 1. The Hall–Kier alpha value is -1.39. The minimum absolute atomic E-state index is 0.317. The fourth-order valence-electron chi connectivity index (χ4n) is 2.33. The molecule has 5 nitrogen and oxygen atoms in total. The van der Waals surface area contributed by atoms with Gasteiger partial charge in [0.25, 0.3) is 0 Å². The van der Waals surface area contributed by atoms with Gasteiger partial charge in [-0.05, 0) is 31.6 Å². The molecule has 0 radical (unpaired) electrons. The third-order valence-electron chi connectivity index (χ3n) is 3.90. The van der Waals surface area contributed by atoms with E-state index in [1.165, 1.54) is 4.90 Å². The lowest BCUT2D eigenvalue weighted by molar-refractivity contribution is -0.152. The van der Waals surface area contributed by atoms with Crippen molar-refractivity contribution >= 4 is 17.8 Å². The Bertz CT molecular complexity index is 370. The first-order valence-electron chi connectivity index (χ1n) is 6.22. The SMILES string of the molecule is CCC1(CC)C(=O)NC(=O)N(CC2CC2)C1=O. The van der Waals surface area contributed by atoms with E-state index in [1.807, 2.05) is 13.8 Å². The average molecular weight is 238 g/mol. The van der Waals surface area contributed by atoms with Crippen LogP contribution in [0.25, 0.3) is 0 Å². The molecule has 0 atom stereocenters. The first-order chi connectivity index (χ1) is 8.05. The standard InChI is InChI=1S/C12H18N2O3/c1-3-12(4-2)9(15)13-11(17)14(10(12)16)7-8-5-6-8/h8H,3-7H2,1-2H3,(H,13,15,17). The summed E-state index contributed by atoms with van der Waals surface area (Å²) in [6.45, 7) is 4.08. The van der Waals surface area contributed by atoms with Gasteiger partial charge >= 0.3 is 6.03 Å². The molecule has 2 rings (SSSR count). The maximum atomic E-state index is 12.3. The molecule has 94 valence electrons. The lowest BCUT2D eigenvalue weighted by Gasteiger charge is -2.38. The second-order valence-corrected chi connectivity index (χ2v) is 4.91. The van der Waals surface area contributed by atoms with Crippen LogP contribution in [0.5, 0.6) is 0 Å². The molecule has 1 aliphatic heterocycles. The molecule has 2 aliphatic rings. The lowest BCUT2D eigenvalue weighted by Crippen LogP contribution is -2.63. The van der Waals surface area contributed by atoms with Gasteiger partial charge in [-0.1, -0.05) is 13.8 Å². The number of nitrogens with zero attached hydrogens (tertiary/aromatic N) is 1. The van der Waals surface area contributed by atoms with E-state index in [0.29, 0.717) is 25.3 Å². The summed E-state index contributed by atoms with van der Waals surface area (Å²) in [5.74, 6) is -0.322. The molecule has 1 heterocycles. The molecule has 0 aromatic rings. The van der Waals surface area contributed by atoms with Crippen LogP contribution in [0, 0.1) is 11.3 Å². The van der Waals surface area contributed by atoms with Crippen molar-refractivity contribution in [1.29, 1.82) is 0 Å². The summed E-state index contributed by atoms with van der Waals surface area (Å²) in [5, 5.41) is 2.31. The average Bonchev–Trinajstić information content (AvgIpc) is 3.10. The van der Waals surface area contributed by atoms with Gasteiger partial charge in [-0.2, -0.15) is 0 Å². The van der Waals surface area contributed by atoms with Gasteiger partial charge in [0.15, 0.2) is 0 Å². The maximum Gasteiger partial charge on any atom is 0.330 e. The minimum atomic E-state index is -1.04. The fraction of sp³-hybridized carbons (Fsp3) is 0.750. The second kappa shape index (κ2) is 4.13. The Morgan fingerprint density at radius 1 is 1.24 bits per heavy atom. The van der Waals surface area contributed by atoms with Crippen molar-refractivity contribution in [2.75, 3.05) is 6.54 Å². The van der Waals surface area contributed by atoms with Crippen LogP contribution in [0.2, 0.25) is 0 Å². The summed E-state index contributed by atoms with van der Waals surface area (Å²) in [4.78, 5) is 37.1. The van der Waals surface area contributed by atoms with Crippen molar-refractivity contribution in [3.8, 4) is 0 Å². The highest BCUT2D eigenvalue weighted by Gasteiger charge is 2.52. The van der Waals surface area contributed by atoms with Gasteiger partial charge in [0.2, 0.25) is 11.8 Å². The number of amides is 4. The second-order valence-electron chi connectivity index (χ2n) is 4.91. The number of nitrogens with one attached hydrogen (secondary N) is 1. The van der Waals surface area contributed by atoms with E-state index >= 15 is 0 Å². The predicted octanol–water partition coefficient (Wildman–Crippen LogP) is 1.28. The van der Waals surface area contributed by atoms with E-state index in [2.05, 4.69) is 5.32 Å².